The minimum absolute atomic E-state index is 0.282. The normalized spacial score (nSPS) is 10.9. The van der Waals surface area contributed by atoms with Gasteiger partial charge in [-0.1, -0.05) is 23.2 Å². The van der Waals surface area contributed by atoms with Crippen molar-refractivity contribution in [2.45, 2.75) is 13.5 Å². The largest absolute Gasteiger partial charge is 0.460 e. The zero-order valence-electron chi connectivity index (χ0n) is 15.4. The molecule has 0 bridgehead atoms. The zero-order valence-corrected chi connectivity index (χ0v) is 16.9. The molecular weight excluding hydrogens is 411 g/mol. The Balaban J connectivity index is 1.71. The maximum Gasteiger partial charge on any atom is 0.270 e. The first-order valence-corrected chi connectivity index (χ1v) is 9.56. The van der Waals surface area contributed by atoms with Crippen molar-refractivity contribution in [1.29, 1.82) is 0 Å². The van der Waals surface area contributed by atoms with Crippen LogP contribution in [0, 0.1) is 6.92 Å². The van der Waals surface area contributed by atoms with E-state index in [0.29, 0.717) is 39.4 Å². The van der Waals surface area contributed by atoms with Gasteiger partial charge in [0.2, 0.25) is 0 Å². The maximum atomic E-state index is 12.9. The summed E-state index contributed by atoms with van der Waals surface area (Å²) >= 11 is 12.2. The number of hydrogen-bond acceptors (Lipinski definition) is 4. The predicted octanol–water partition coefficient (Wildman–Crippen LogP) is 5.07. The first-order chi connectivity index (χ1) is 14.0. The molecular formula is C21H16Cl2N4O2. The van der Waals surface area contributed by atoms with E-state index < -0.39 is 0 Å². The van der Waals surface area contributed by atoms with Gasteiger partial charge in [-0.2, -0.15) is 5.10 Å². The molecule has 0 aliphatic carbocycles. The van der Waals surface area contributed by atoms with E-state index in [1.807, 2.05) is 31.2 Å². The highest BCUT2D eigenvalue weighted by Gasteiger charge is 2.19. The van der Waals surface area contributed by atoms with Gasteiger partial charge in [0.15, 0.2) is 5.76 Å². The van der Waals surface area contributed by atoms with Crippen LogP contribution >= 0.6 is 23.2 Å². The second kappa shape index (κ2) is 8.11. The minimum Gasteiger partial charge on any atom is -0.460 e. The first-order valence-electron chi connectivity index (χ1n) is 8.80. The third kappa shape index (κ3) is 4.18. The van der Waals surface area contributed by atoms with Crippen molar-refractivity contribution in [3.05, 3.63) is 88.0 Å². The van der Waals surface area contributed by atoms with Gasteiger partial charge in [-0.25, -0.2) is 4.68 Å². The molecule has 0 unspecified atom stereocenters. The number of hydrogen-bond donors (Lipinski definition) is 1. The van der Waals surface area contributed by atoms with Gasteiger partial charge in [0.25, 0.3) is 5.91 Å². The van der Waals surface area contributed by atoms with Crippen molar-refractivity contribution in [2.75, 3.05) is 0 Å². The average molecular weight is 427 g/mol. The molecule has 0 aliphatic rings. The third-order valence-corrected chi connectivity index (χ3v) is 5.02. The Bertz CT molecular complexity index is 1170. The maximum absolute atomic E-state index is 12.9. The van der Waals surface area contributed by atoms with Crippen LogP contribution in [0.4, 0.5) is 0 Å². The SMILES string of the molecule is Cc1ccc(-c2cc(C(=O)NCc3ccncc3)n(-c3ccc(Cl)c(Cl)c3)n2)o1. The van der Waals surface area contributed by atoms with E-state index in [0.717, 1.165) is 11.3 Å². The van der Waals surface area contributed by atoms with Gasteiger partial charge in [0.05, 0.1) is 15.7 Å². The van der Waals surface area contributed by atoms with Crippen molar-refractivity contribution in [1.82, 2.24) is 20.1 Å². The number of carbonyl (C=O) groups excluding carboxylic acids is 1. The lowest BCUT2D eigenvalue weighted by Crippen LogP contribution is -2.25. The molecule has 3 aromatic heterocycles. The Labute approximate surface area is 177 Å². The summed E-state index contributed by atoms with van der Waals surface area (Å²) < 4.78 is 7.19. The van der Waals surface area contributed by atoms with Crippen LogP contribution in [-0.4, -0.2) is 20.7 Å². The van der Waals surface area contributed by atoms with Crippen LogP contribution in [-0.2, 0) is 6.54 Å². The fourth-order valence-electron chi connectivity index (χ4n) is 2.82. The number of amides is 1. The van der Waals surface area contributed by atoms with Crippen LogP contribution in [0.2, 0.25) is 10.0 Å². The summed E-state index contributed by atoms with van der Waals surface area (Å²) in [5.41, 5.74) is 2.44. The summed E-state index contributed by atoms with van der Waals surface area (Å²) in [5.74, 6) is 1.05. The molecule has 1 amide bonds. The Hall–Kier alpha value is -3.09. The summed E-state index contributed by atoms with van der Waals surface area (Å²) in [5, 5.41) is 8.26. The molecule has 0 fully saturated rings. The zero-order chi connectivity index (χ0) is 20.4. The predicted molar refractivity (Wildman–Crippen MR) is 111 cm³/mol. The molecule has 1 aromatic carbocycles. The second-order valence-electron chi connectivity index (χ2n) is 6.37. The lowest BCUT2D eigenvalue weighted by molar-refractivity contribution is 0.0943. The van der Waals surface area contributed by atoms with Gasteiger partial charge in [0.1, 0.15) is 17.1 Å². The molecule has 0 radical (unpaired) electrons. The summed E-state index contributed by atoms with van der Waals surface area (Å²) in [6.45, 7) is 2.21. The molecule has 4 rings (SSSR count). The number of rotatable bonds is 5. The fraction of sp³-hybridized carbons (Fsp3) is 0.0952. The molecule has 146 valence electrons. The highest BCUT2D eigenvalue weighted by Crippen LogP contribution is 2.27. The number of aryl methyl sites for hydroxylation is 1. The summed E-state index contributed by atoms with van der Waals surface area (Å²) in [6.07, 6.45) is 3.36. The van der Waals surface area contributed by atoms with E-state index in [1.165, 1.54) is 4.68 Å². The van der Waals surface area contributed by atoms with E-state index in [1.54, 1.807) is 36.7 Å². The number of nitrogens with zero attached hydrogens (tertiary/aromatic N) is 3. The molecule has 0 saturated heterocycles. The molecule has 6 nitrogen and oxygen atoms in total. The van der Waals surface area contributed by atoms with E-state index in [2.05, 4.69) is 15.4 Å². The van der Waals surface area contributed by atoms with Crippen LogP contribution in [0.5, 0.6) is 0 Å². The van der Waals surface area contributed by atoms with E-state index in [-0.39, 0.29) is 5.91 Å². The van der Waals surface area contributed by atoms with Crippen molar-refractivity contribution >= 4 is 29.1 Å². The van der Waals surface area contributed by atoms with Gasteiger partial charge in [-0.3, -0.25) is 9.78 Å². The van der Waals surface area contributed by atoms with Gasteiger partial charge in [-0.05, 0) is 55.0 Å². The monoisotopic (exact) mass is 426 g/mol. The molecule has 0 saturated carbocycles. The van der Waals surface area contributed by atoms with Gasteiger partial charge < -0.3 is 9.73 Å². The highest BCUT2D eigenvalue weighted by molar-refractivity contribution is 6.42. The van der Waals surface area contributed by atoms with Crippen LogP contribution in [0.25, 0.3) is 17.1 Å². The Morgan fingerprint density at radius 3 is 2.55 bits per heavy atom. The smallest absolute Gasteiger partial charge is 0.270 e. The molecule has 0 atom stereocenters. The van der Waals surface area contributed by atoms with Crippen LogP contribution in [0.1, 0.15) is 21.8 Å². The average Bonchev–Trinajstić information content (AvgIpc) is 3.35. The number of furan rings is 1. The molecule has 0 aliphatic heterocycles. The topological polar surface area (TPSA) is 73.0 Å². The molecule has 8 heteroatoms. The van der Waals surface area contributed by atoms with E-state index >= 15 is 0 Å². The standard InChI is InChI=1S/C21H16Cl2N4O2/c1-13-2-5-20(29-13)18-11-19(21(28)25-12-14-6-8-24-9-7-14)27(26-18)15-3-4-16(22)17(23)10-15/h2-11H,12H2,1H3,(H,25,28). The molecule has 3 heterocycles. The van der Waals surface area contributed by atoms with Crippen molar-refractivity contribution < 1.29 is 9.21 Å². The number of carbonyl (C=O) groups is 1. The van der Waals surface area contributed by atoms with Crippen LogP contribution < -0.4 is 5.32 Å². The van der Waals surface area contributed by atoms with Crippen LogP contribution in [0.3, 0.4) is 0 Å². The van der Waals surface area contributed by atoms with Crippen molar-refractivity contribution in [2.24, 2.45) is 0 Å². The van der Waals surface area contributed by atoms with E-state index in [9.17, 15) is 4.79 Å². The highest BCUT2D eigenvalue weighted by atomic mass is 35.5. The van der Waals surface area contributed by atoms with Gasteiger partial charge >= 0.3 is 0 Å². The first kappa shape index (κ1) is 19.2. The van der Waals surface area contributed by atoms with Gasteiger partial charge in [0, 0.05) is 25.0 Å². The minimum atomic E-state index is -0.282. The van der Waals surface area contributed by atoms with Crippen molar-refractivity contribution in [3.8, 4) is 17.1 Å². The number of nitrogens with one attached hydrogen (secondary N) is 1. The Kier molecular flexibility index (Phi) is 5.38. The van der Waals surface area contributed by atoms with Crippen LogP contribution in [0.15, 0.2) is 65.3 Å². The quantitative estimate of drug-likeness (QED) is 0.483. The molecule has 29 heavy (non-hydrogen) atoms. The number of halogens is 2. The summed E-state index contributed by atoms with van der Waals surface area (Å²) in [4.78, 5) is 16.9. The van der Waals surface area contributed by atoms with Crippen molar-refractivity contribution in [3.63, 3.8) is 0 Å². The molecule has 1 N–H and O–H groups in total. The number of benzene rings is 1. The Morgan fingerprint density at radius 1 is 1.07 bits per heavy atom. The summed E-state index contributed by atoms with van der Waals surface area (Å²) in [7, 11) is 0. The summed E-state index contributed by atoms with van der Waals surface area (Å²) in [6, 6.07) is 14.1. The number of aromatic nitrogens is 3. The lowest BCUT2D eigenvalue weighted by Gasteiger charge is -2.09. The Morgan fingerprint density at radius 2 is 1.86 bits per heavy atom. The molecule has 4 aromatic rings. The van der Waals surface area contributed by atoms with E-state index in [4.69, 9.17) is 27.6 Å². The van der Waals surface area contributed by atoms with Gasteiger partial charge in [-0.15, -0.1) is 0 Å². The fourth-order valence-corrected chi connectivity index (χ4v) is 3.11. The third-order valence-electron chi connectivity index (χ3n) is 4.28. The number of pyridine rings is 1. The second-order valence-corrected chi connectivity index (χ2v) is 7.19. The molecule has 0 spiro atoms. The lowest BCUT2D eigenvalue weighted by atomic mass is 10.2.